The Morgan fingerprint density at radius 2 is 1.72 bits per heavy atom. The van der Waals surface area contributed by atoms with Gasteiger partial charge in [-0.1, -0.05) is 18.6 Å². The highest BCUT2D eigenvalue weighted by Gasteiger charge is 2.38. The van der Waals surface area contributed by atoms with E-state index < -0.39 is 23.5 Å². The number of alkyl halides is 6. The number of benzene rings is 2. The van der Waals surface area contributed by atoms with Crippen LogP contribution in [0.1, 0.15) is 54.9 Å². The zero-order valence-electron chi connectivity index (χ0n) is 23.9. The molecule has 0 radical (unpaired) electrons. The summed E-state index contributed by atoms with van der Waals surface area (Å²) in [6, 6.07) is 6.95. The SMILES string of the molecule is CC1=C(NCCCN2CCCCC2)/C(=C/c2ccc3nn(Cc4ccc(C(F)(F)F)cc4C(F)(F)F)cc3c2)N(C)C1=O. The maximum atomic E-state index is 13.6. The van der Waals surface area contributed by atoms with Crippen molar-refractivity contribution in [2.24, 2.45) is 0 Å². The molecule has 0 aliphatic carbocycles. The van der Waals surface area contributed by atoms with Crippen LogP contribution in [0, 0.1) is 0 Å². The summed E-state index contributed by atoms with van der Waals surface area (Å²) in [6.45, 7) is 5.40. The highest BCUT2D eigenvalue weighted by Crippen LogP contribution is 2.38. The van der Waals surface area contributed by atoms with Crippen molar-refractivity contribution in [3.05, 3.63) is 81.8 Å². The quantitative estimate of drug-likeness (QED) is 0.230. The average Bonchev–Trinajstić information content (AvgIpc) is 3.44. The normalized spacial score (nSPS) is 18.0. The molecular weight excluding hydrogens is 572 g/mol. The Labute approximate surface area is 245 Å². The predicted octanol–water partition coefficient (Wildman–Crippen LogP) is 6.67. The van der Waals surface area contributed by atoms with Gasteiger partial charge in [-0.3, -0.25) is 9.48 Å². The van der Waals surface area contributed by atoms with Gasteiger partial charge in [0, 0.05) is 30.7 Å². The fourth-order valence-electron chi connectivity index (χ4n) is 5.67. The van der Waals surface area contributed by atoms with Crippen LogP contribution in [0.2, 0.25) is 0 Å². The van der Waals surface area contributed by atoms with Gasteiger partial charge in [-0.05, 0) is 87.3 Å². The molecule has 5 rings (SSSR count). The third-order valence-corrected chi connectivity index (χ3v) is 7.97. The number of aromatic nitrogens is 2. The van der Waals surface area contributed by atoms with E-state index in [2.05, 4.69) is 15.3 Å². The molecule has 1 amide bonds. The van der Waals surface area contributed by atoms with Crippen molar-refractivity contribution in [1.29, 1.82) is 0 Å². The molecule has 3 heterocycles. The Morgan fingerprint density at radius 1 is 0.977 bits per heavy atom. The van der Waals surface area contributed by atoms with Gasteiger partial charge in [0.15, 0.2) is 0 Å². The average molecular weight is 606 g/mol. The molecule has 3 aromatic rings. The molecule has 0 spiro atoms. The lowest BCUT2D eigenvalue weighted by Gasteiger charge is -2.26. The van der Waals surface area contributed by atoms with Gasteiger partial charge in [-0.2, -0.15) is 31.4 Å². The Kier molecular flexibility index (Phi) is 8.60. The van der Waals surface area contributed by atoms with E-state index in [1.165, 1.54) is 23.9 Å². The van der Waals surface area contributed by atoms with Gasteiger partial charge in [-0.15, -0.1) is 0 Å². The van der Waals surface area contributed by atoms with Crippen molar-refractivity contribution in [1.82, 2.24) is 24.9 Å². The number of carbonyl (C=O) groups is 1. The van der Waals surface area contributed by atoms with Crippen molar-refractivity contribution in [3.8, 4) is 0 Å². The first kappa shape index (κ1) is 30.7. The molecule has 6 nitrogen and oxygen atoms in total. The fraction of sp³-hybridized carbons (Fsp3) is 0.419. The monoisotopic (exact) mass is 605 g/mol. The van der Waals surface area contributed by atoms with Crippen LogP contribution < -0.4 is 5.32 Å². The molecule has 0 bridgehead atoms. The van der Waals surface area contributed by atoms with Gasteiger partial charge >= 0.3 is 12.4 Å². The molecular formula is C31H33F6N5O. The molecule has 12 heteroatoms. The number of carbonyl (C=O) groups excluding carboxylic acids is 1. The van der Waals surface area contributed by atoms with Gasteiger partial charge < -0.3 is 15.1 Å². The fourth-order valence-corrected chi connectivity index (χ4v) is 5.67. The molecule has 2 aliphatic heterocycles. The maximum absolute atomic E-state index is 13.6. The van der Waals surface area contributed by atoms with Crippen LogP contribution in [0.5, 0.6) is 0 Å². The number of nitrogens with one attached hydrogen (secondary N) is 1. The number of piperidine rings is 1. The number of amides is 1. The van der Waals surface area contributed by atoms with Gasteiger partial charge in [0.25, 0.3) is 5.91 Å². The minimum atomic E-state index is -4.96. The molecule has 2 aliphatic rings. The summed E-state index contributed by atoms with van der Waals surface area (Å²) in [6.07, 6.45) is -1.73. The van der Waals surface area contributed by atoms with Gasteiger partial charge in [0.1, 0.15) is 0 Å². The van der Waals surface area contributed by atoms with Gasteiger partial charge in [-0.25, -0.2) is 0 Å². The first-order valence-electron chi connectivity index (χ1n) is 14.2. The van der Waals surface area contributed by atoms with E-state index in [4.69, 9.17) is 0 Å². The van der Waals surface area contributed by atoms with Crippen LogP contribution in [-0.4, -0.2) is 58.7 Å². The first-order chi connectivity index (χ1) is 20.3. The second-order valence-corrected chi connectivity index (χ2v) is 11.1. The minimum absolute atomic E-state index is 0.101. The van der Waals surface area contributed by atoms with E-state index in [-0.39, 0.29) is 24.1 Å². The number of fused-ring (bicyclic) bond motifs is 1. The van der Waals surface area contributed by atoms with Crippen molar-refractivity contribution in [2.75, 3.05) is 33.2 Å². The van der Waals surface area contributed by atoms with Crippen molar-refractivity contribution in [2.45, 2.75) is 51.5 Å². The summed E-state index contributed by atoms with van der Waals surface area (Å²) >= 11 is 0. The predicted molar refractivity (Wildman–Crippen MR) is 152 cm³/mol. The van der Waals surface area contributed by atoms with Crippen molar-refractivity contribution < 1.29 is 31.1 Å². The third-order valence-electron chi connectivity index (χ3n) is 7.97. The lowest BCUT2D eigenvalue weighted by Crippen LogP contribution is -2.32. The Balaban J connectivity index is 1.34. The molecule has 1 saturated heterocycles. The first-order valence-corrected chi connectivity index (χ1v) is 14.2. The number of likely N-dealkylation sites (tertiary alicyclic amines) is 1. The zero-order valence-corrected chi connectivity index (χ0v) is 23.9. The van der Waals surface area contributed by atoms with Crippen molar-refractivity contribution >= 4 is 22.9 Å². The Hall–Kier alpha value is -3.80. The molecule has 43 heavy (non-hydrogen) atoms. The summed E-state index contributed by atoms with van der Waals surface area (Å²) in [5, 5.41) is 8.42. The lowest BCUT2D eigenvalue weighted by molar-refractivity contribution is -0.143. The van der Waals surface area contributed by atoms with Gasteiger partial charge in [0.05, 0.1) is 34.6 Å². The third kappa shape index (κ3) is 6.90. The van der Waals surface area contributed by atoms with E-state index in [1.807, 2.05) is 12.1 Å². The standard InChI is InChI=1S/C31H33F6N5O/c1-20-28(38-11-6-14-41-12-4-3-5-13-41)27(40(2)29(20)43)16-21-7-10-26-23(15-21)19-42(39-26)18-22-8-9-24(30(32,33)34)17-25(22)31(35,36)37/h7-10,15-17,19,38H,3-6,11-14,18H2,1-2H3/b27-16-. The van der Waals surface area contributed by atoms with E-state index in [0.717, 1.165) is 49.9 Å². The largest absolute Gasteiger partial charge is 0.416 e. The number of nitrogens with zero attached hydrogens (tertiary/aromatic N) is 4. The van der Waals surface area contributed by atoms with Crippen LogP contribution in [0.15, 0.2) is 59.6 Å². The maximum Gasteiger partial charge on any atom is 0.416 e. The summed E-state index contributed by atoms with van der Waals surface area (Å²) < 4.78 is 81.3. The smallest absolute Gasteiger partial charge is 0.383 e. The molecule has 0 saturated carbocycles. The number of hydrogen-bond donors (Lipinski definition) is 1. The number of likely N-dealkylation sites (N-methyl/N-ethyl adjacent to an activating group) is 1. The minimum Gasteiger partial charge on any atom is -0.383 e. The van der Waals surface area contributed by atoms with E-state index in [0.29, 0.717) is 28.2 Å². The molecule has 0 unspecified atom stereocenters. The van der Waals surface area contributed by atoms with Crippen LogP contribution >= 0.6 is 0 Å². The second kappa shape index (κ2) is 12.1. The number of hydrogen-bond acceptors (Lipinski definition) is 4. The van der Waals surface area contributed by atoms with Crippen LogP contribution in [0.3, 0.4) is 0 Å². The summed E-state index contributed by atoms with van der Waals surface area (Å²) in [5.74, 6) is -0.101. The topological polar surface area (TPSA) is 53.4 Å². The van der Waals surface area contributed by atoms with Crippen LogP contribution in [-0.2, 0) is 23.7 Å². The number of rotatable bonds is 8. The van der Waals surface area contributed by atoms with Crippen molar-refractivity contribution in [3.63, 3.8) is 0 Å². The molecule has 1 aromatic heterocycles. The second-order valence-electron chi connectivity index (χ2n) is 11.1. The summed E-state index contributed by atoms with van der Waals surface area (Å²) in [7, 11) is 1.71. The number of halogens is 6. The molecule has 1 N–H and O–H groups in total. The van der Waals surface area contributed by atoms with E-state index in [9.17, 15) is 31.1 Å². The van der Waals surface area contributed by atoms with Crippen LogP contribution in [0.4, 0.5) is 26.3 Å². The Bertz CT molecular complexity index is 1560. The summed E-state index contributed by atoms with van der Waals surface area (Å²) in [4.78, 5) is 16.8. The highest BCUT2D eigenvalue weighted by atomic mass is 19.4. The van der Waals surface area contributed by atoms with E-state index in [1.54, 1.807) is 37.2 Å². The molecule has 1 fully saturated rings. The molecule has 2 aromatic carbocycles. The molecule has 0 atom stereocenters. The zero-order chi connectivity index (χ0) is 30.9. The van der Waals surface area contributed by atoms with E-state index >= 15 is 0 Å². The van der Waals surface area contributed by atoms with Crippen LogP contribution in [0.25, 0.3) is 17.0 Å². The summed E-state index contributed by atoms with van der Waals surface area (Å²) in [5.41, 5.74) is 0.351. The lowest BCUT2D eigenvalue weighted by atomic mass is 10.0. The Morgan fingerprint density at radius 3 is 2.42 bits per heavy atom. The van der Waals surface area contributed by atoms with Gasteiger partial charge in [0.2, 0.25) is 0 Å². The highest BCUT2D eigenvalue weighted by molar-refractivity contribution is 6.00. The molecule has 230 valence electrons.